The van der Waals surface area contributed by atoms with Gasteiger partial charge in [-0.1, -0.05) is 0 Å². The molecule has 0 saturated carbocycles. The Kier molecular flexibility index (Phi) is 4.42. The van der Waals surface area contributed by atoms with Gasteiger partial charge in [0.1, 0.15) is 11.2 Å². The Labute approximate surface area is 99.3 Å². The van der Waals surface area contributed by atoms with Gasteiger partial charge in [-0.3, -0.25) is 4.79 Å². The lowest BCUT2D eigenvalue weighted by Gasteiger charge is -2.20. The van der Waals surface area contributed by atoms with Crippen LogP contribution in [-0.4, -0.2) is 47.0 Å². The maximum atomic E-state index is 11.8. The minimum absolute atomic E-state index is 0.0552. The van der Waals surface area contributed by atoms with E-state index in [2.05, 4.69) is 10.3 Å². The molecule has 0 aliphatic heterocycles. The third kappa shape index (κ3) is 3.69. The summed E-state index contributed by atoms with van der Waals surface area (Å²) in [6.07, 6.45) is 1.51. The second-order valence-corrected chi connectivity index (χ2v) is 3.90. The molecule has 0 aliphatic carbocycles. The van der Waals surface area contributed by atoms with Crippen molar-refractivity contribution < 1.29 is 19.7 Å². The summed E-state index contributed by atoms with van der Waals surface area (Å²) in [6, 6.07) is 3.18. The van der Waals surface area contributed by atoms with Crippen molar-refractivity contribution in [3.63, 3.8) is 0 Å². The SMILES string of the molecule is COc1ncccc1C(=O)NCC(C)(O)CO. The molecule has 6 heteroatoms. The lowest BCUT2D eigenvalue weighted by molar-refractivity contribution is 0.00317. The number of aromatic nitrogens is 1. The monoisotopic (exact) mass is 240 g/mol. The molecular weight excluding hydrogens is 224 g/mol. The number of ether oxygens (including phenoxy) is 1. The summed E-state index contributed by atoms with van der Waals surface area (Å²) in [4.78, 5) is 15.7. The second kappa shape index (κ2) is 5.60. The molecule has 1 amide bonds. The van der Waals surface area contributed by atoms with E-state index in [1.807, 2.05) is 0 Å². The number of methoxy groups -OCH3 is 1. The number of aliphatic hydroxyl groups excluding tert-OH is 1. The molecule has 3 N–H and O–H groups in total. The average Bonchev–Trinajstić information content (AvgIpc) is 2.36. The maximum Gasteiger partial charge on any atom is 0.256 e. The molecule has 0 spiro atoms. The fourth-order valence-corrected chi connectivity index (χ4v) is 1.15. The third-order valence-electron chi connectivity index (χ3n) is 2.18. The summed E-state index contributed by atoms with van der Waals surface area (Å²) < 4.78 is 4.94. The Morgan fingerprint density at radius 3 is 2.94 bits per heavy atom. The fourth-order valence-electron chi connectivity index (χ4n) is 1.15. The second-order valence-electron chi connectivity index (χ2n) is 3.90. The Bertz CT molecular complexity index is 393. The molecule has 17 heavy (non-hydrogen) atoms. The van der Waals surface area contributed by atoms with Crippen LogP contribution in [0, 0.1) is 0 Å². The lowest BCUT2D eigenvalue weighted by atomic mass is 10.1. The molecule has 1 aromatic heterocycles. The van der Waals surface area contributed by atoms with Gasteiger partial charge in [0.05, 0.1) is 13.7 Å². The normalized spacial score (nSPS) is 13.9. The highest BCUT2D eigenvalue weighted by molar-refractivity contribution is 5.96. The summed E-state index contributed by atoms with van der Waals surface area (Å²) >= 11 is 0. The van der Waals surface area contributed by atoms with Gasteiger partial charge in [-0.05, 0) is 19.1 Å². The van der Waals surface area contributed by atoms with Gasteiger partial charge in [-0.25, -0.2) is 4.98 Å². The van der Waals surface area contributed by atoms with Gasteiger partial charge in [0.15, 0.2) is 0 Å². The molecule has 0 bridgehead atoms. The summed E-state index contributed by atoms with van der Waals surface area (Å²) in [5, 5.41) is 20.9. The van der Waals surface area contributed by atoms with Crippen molar-refractivity contribution in [2.45, 2.75) is 12.5 Å². The number of nitrogens with one attached hydrogen (secondary N) is 1. The highest BCUT2D eigenvalue weighted by Crippen LogP contribution is 2.13. The third-order valence-corrected chi connectivity index (χ3v) is 2.18. The van der Waals surface area contributed by atoms with Crippen LogP contribution in [0.25, 0.3) is 0 Å². The molecule has 1 unspecified atom stereocenters. The van der Waals surface area contributed by atoms with E-state index in [1.165, 1.54) is 20.2 Å². The zero-order valence-electron chi connectivity index (χ0n) is 9.80. The topological polar surface area (TPSA) is 91.7 Å². The summed E-state index contributed by atoms with van der Waals surface area (Å²) in [7, 11) is 1.42. The number of pyridine rings is 1. The van der Waals surface area contributed by atoms with Crippen molar-refractivity contribution in [1.29, 1.82) is 0 Å². The molecule has 0 radical (unpaired) electrons. The molecular formula is C11H16N2O4. The van der Waals surface area contributed by atoms with Gasteiger partial charge < -0.3 is 20.3 Å². The van der Waals surface area contributed by atoms with Gasteiger partial charge in [-0.2, -0.15) is 0 Å². The molecule has 1 heterocycles. The minimum atomic E-state index is -1.34. The van der Waals surface area contributed by atoms with E-state index >= 15 is 0 Å². The van der Waals surface area contributed by atoms with Crippen LogP contribution in [0.1, 0.15) is 17.3 Å². The van der Waals surface area contributed by atoms with Gasteiger partial charge >= 0.3 is 0 Å². The van der Waals surface area contributed by atoms with E-state index < -0.39 is 18.1 Å². The largest absolute Gasteiger partial charge is 0.480 e. The van der Waals surface area contributed by atoms with E-state index in [0.29, 0.717) is 0 Å². The highest BCUT2D eigenvalue weighted by atomic mass is 16.5. The smallest absolute Gasteiger partial charge is 0.256 e. The fraction of sp³-hybridized carbons (Fsp3) is 0.455. The summed E-state index contributed by atoms with van der Waals surface area (Å²) in [6.45, 7) is 0.936. The van der Waals surface area contributed by atoms with Crippen LogP contribution in [0.15, 0.2) is 18.3 Å². The Hall–Kier alpha value is -1.66. The molecule has 94 valence electrons. The van der Waals surface area contributed by atoms with Crippen LogP contribution in [0.4, 0.5) is 0 Å². The highest BCUT2D eigenvalue weighted by Gasteiger charge is 2.21. The number of amides is 1. The molecule has 0 fully saturated rings. The molecule has 1 rings (SSSR count). The van der Waals surface area contributed by atoms with Crippen LogP contribution >= 0.6 is 0 Å². The zero-order valence-corrected chi connectivity index (χ0v) is 9.80. The van der Waals surface area contributed by atoms with Crippen LogP contribution < -0.4 is 10.1 Å². The quantitative estimate of drug-likeness (QED) is 0.649. The lowest BCUT2D eigenvalue weighted by Crippen LogP contribution is -2.43. The first-order valence-electron chi connectivity index (χ1n) is 5.10. The summed E-state index contributed by atoms with van der Waals surface area (Å²) in [5.74, 6) is -0.197. The van der Waals surface area contributed by atoms with E-state index in [9.17, 15) is 9.90 Å². The Morgan fingerprint density at radius 1 is 1.65 bits per heavy atom. The van der Waals surface area contributed by atoms with E-state index in [4.69, 9.17) is 9.84 Å². The first kappa shape index (κ1) is 13.4. The predicted molar refractivity (Wildman–Crippen MR) is 60.8 cm³/mol. The molecule has 1 aromatic rings. The first-order valence-corrected chi connectivity index (χ1v) is 5.10. The van der Waals surface area contributed by atoms with Crippen LogP contribution in [0.2, 0.25) is 0 Å². The van der Waals surface area contributed by atoms with Crippen molar-refractivity contribution >= 4 is 5.91 Å². The maximum absolute atomic E-state index is 11.8. The summed E-state index contributed by atoms with van der Waals surface area (Å²) in [5.41, 5.74) is -1.06. The number of hydrogen-bond acceptors (Lipinski definition) is 5. The van der Waals surface area contributed by atoms with E-state index in [-0.39, 0.29) is 18.0 Å². The number of carbonyl (C=O) groups excluding carboxylic acids is 1. The average molecular weight is 240 g/mol. The number of aliphatic hydroxyl groups is 2. The minimum Gasteiger partial charge on any atom is -0.480 e. The molecule has 6 nitrogen and oxygen atoms in total. The van der Waals surface area contributed by atoms with Gasteiger partial charge in [-0.15, -0.1) is 0 Å². The molecule has 0 saturated heterocycles. The zero-order chi connectivity index (χ0) is 12.9. The predicted octanol–water partition coefficient (Wildman–Crippen LogP) is -0.437. The van der Waals surface area contributed by atoms with Crippen LogP contribution in [-0.2, 0) is 0 Å². The molecule has 1 atom stereocenters. The van der Waals surface area contributed by atoms with Crippen molar-refractivity contribution in [2.24, 2.45) is 0 Å². The van der Waals surface area contributed by atoms with Crippen molar-refractivity contribution in [2.75, 3.05) is 20.3 Å². The van der Waals surface area contributed by atoms with Gasteiger partial charge in [0.2, 0.25) is 5.88 Å². The Balaban J connectivity index is 2.70. The number of nitrogens with zero attached hydrogens (tertiary/aromatic N) is 1. The molecule has 0 aliphatic rings. The van der Waals surface area contributed by atoms with Crippen LogP contribution in [0.3, 0.4) is 0 Å². The van der Waals surface area contributed by atoms with Crippen LogP contribution in [0.5, 0.6) is 5.88 Å². The first-order chi connectivity index (χ1) is 8.00. The number of hydrogen-bond donors (Lipinski definition) is 3. The van der Waals surface area contributed by atoms with E-state index in [1.54, 1.807) is 12.1 Å². The number of rotatable bonds is 5. The van der Waals surface area contributed by atoms with E-state index in [0.717, 1.165) is 0 Å². The van der Waals surface area contributed by atoms with Crippen molar-refractivity contribution in [3.8, 4) is 5.88 Å². The number of carbonyl (C=O) groups is 1. The van der Waals surface area contributed by atoms with Crippen molar-refractivity contribution in [3.05, 3.63) is 23.9 Å². The standard InChI is InChI=1S/C11H16N2O4/c1-11(16,7-14)6-13-9(15)8-4-3-5-12-10(8)17-2/h3-5,14,16H,6-7H2,1-2H3,(H,13,15). The van der Waals surface area contributed by atoms with Crippen molar-refractivity contribution in [1.82, 2.24) is 10.3 Å². The van der Waals surface area contributed by atoms with Gasteiger partial charge in [0.25, 0.3) is 5.91 Å². The molecule has 0 aromatic carbocycles. The van der Waals surface area contributed by atoms with Gasteiger partial charge in [0, 0.05) is 12.7 Å². The Morgan fingerprint density at radius 2 is 2.35 bits per heavy atom.